The molecule has 0 aliphatic carbocycles. The molecule has 8 nitrogen and oxygen atoms in total. The molecule has 1 fully saturated rings. The second-order valence-corrected chi connectivity index (χ2v) is 6.51. The van der Waals surface area contributed by atoms with Gasteiger partial charge in [-0.2, -0.15) is 15.0 Å². The molecule has 0 unspecified atom stereocenters. The van der Waals surface area contributed by atoms with Crippen LogP contribution in [0.4, 0.5) is 0 Å². The molecule has 0 bridgehead atoms. The van der Waals surface area contributed by atoms with Crippen LogP contribution in [0.25, 0.3) is 0 Å². The average Bonchev–Trinajstić information content (AvgIpc) is 3.20. The third kappa shape index (κ3) is 2.74. The molecule has 1 amide bonds. The summed E-state index contributed by atoms with van der Waals surface area (Å²) in [6.07, 6.45) is 5.16. The quantitative estimate of drug-likeness (QED) is 0.713. The van der Waals surface area contributed by atoms with Crippen molar-refractivity contribution in [1.29, 1.82) is 0 Å². The molecule has 1 aliphatic rings. The fourth-order valence-electron chi connectivity index (χ4n) is 2.52. The number of carbonyl (C=O) groups excluding carboxylic acids is 1. The van der Waals surface area contributed by atoms with Gasteiger partial charge >= 0.3 is 0 Å². The Morgan fingerprint density at radius 1 is 1.35 bits per heavy atom. The number of amides is 1. The summed E-state index contributed by atoms with van der Waals surface area (Å²) in [7, 11) is 0. The van der Waals surface area contributed by atoms with Crippen LogP contribution in [0, 0.1) is 6.92 Å². The van der Waals surface area contributed by atoms with Gasteiger partial charge in [0, 0.05) is 13.1 Å². The molecule has 0 radical (unpaired) electrons. The zero-order valence-corrected chi connectivity index (χ0v) is 13.3. The molecule has 3 aromatic heterocycles. The summed E-state index contributed by atoms with van der Waals surface area (Å²) in [6.45, 7) is 3.83. The van der Waals surface area contributed by atoms with E-state index in [1.54, 1.807) is 17.2 Å². The molecule has 23 heavy (non-hydrogen) atoms. The first-order valence-corrected chi connectivity index (χ1v) is 8.16. The highest BCUT2D eigenvalue weighted by Gasteiger charge is 2.33. The monoisotopic (exact) mass is 329 g/mol. The van der Waals surface area contributed by atoms with Crippen molar-refractivity contribution in [2.75, 3.05) is 13.1 Å². The number of carbonyl (C=O) groups is 1. The predicted octanol–water partition coefficient (Wildman–Crippen LogP) is 0.985. The standard InChI is InChI=1S/C14H15N7OS/c1-10-4-13(23-9-10)14(22)19-7-12(8-19)20-5-11(17-18-20)6-21-15-2-3-16-21/h2-5,9,12H,6-8H2,1H3. The highest BCUT2D eigenvalue weighted by Crippen LogP contribution is 2.25. The first-order chi connectivity index (χ1) is 11.2. The number of aryl methyl sites for hydroxylation is 1. The van der Waals surface area contributed by atoms with Gasteiger partial charge in [0.1, 0.15) is 12.2 Å². The van der Waals surface area contributed by atoms with Gasteiger partial charge in [0.2, 0.25) is 0 Å². The molecule has 1 saturated heterocycles. The lowest BCUT2D eigenvalue weighted by Crippen LogP contribution is -2.50. The van der Waals surface area contributed by atoms with Crippen LogP contribution >= 0.6 is 11.3 Å². The number of hydrogen-bond donors (Lipinski definition) is 0. The summed E-state index contributed by atoms with van der Waals surface area (Å²) in [5.41, 5.74) is 1.93. The Kier molecular flexibility index (Phi) is 3.41. The molecule has 0 atom stereocenters. The first kappa shape index (κ1) is 14.1. The predicted molar refractivity (Wildman–Crippen MR) is 83.1 cm³/mol. The van der Waals surface area contributed by atoms with E-state index in [4.69, 9.17) is 0 Å². The molecule has 0 N–H and O–H groups in total. The van der Waals surface area contributed by atoms with E-state index in [9.17, 15) is 4.79 Å². The number of aromatic nitrogens is 6. The van der Waals surface area contributed by atoms with E-state index in [0.717, 1.165) is 16.1 Å². The molecule has 3 aromatic rings. The van der Waals surface area contributed by atoms with Crippen LogP contribution in [-0.2, 0) is 6.54 Å². The molecule has 0 spiro atoms. The van der Waals surface area contributed by atoms with Crippen molar-refractivity contribution in [2.24, 2.45) is 0 Å². The average molecular weight is 329 g/mol. The van der Waals surface area contributed by atoms with Crippen molar-refractivity contribution in [2.45, 2.75) is 19.5 Å². The minimum Gasteiger partial charge on any atom is -0.334 e. The Labute approximate surface area is 136 Å². The number of nitrogens with zero attached hydrogens (tertiary/aromatic N) is 7. The molecule has 1 aliphatic heterocycles. The van der Waals surface area contributed by atoms with Crippen LogP contribution in [0.1, 0.15) is 27.0 Å². The van der Waals surface area contributed by atoms with Crippen LogP contribution in [0.2, 0.25) is 0 Å². The first-order valence-electron chi connectivity index (χ1n) is 7.28. The zero-order valence-electron chi connectivity index (χ0n) is 12.5. The number of rotatable bonds is 4. The van der Waals surface area contributed by atoms with Crippen LogP contribution in [-0.4, -0.2) is 53.9 Å². The van der Waals surface area contributed by atoms with Gasteiger partial charge < -0.3 is 4.90 Å². The normalized spacial score (nSPS) is 14.9. The molecular formula is C14H15N7OS. The van der Waals surface area contributed by atoms with Gasteiger partial charge in [0.25, 0.3) is 5.91 Å². The second kappa shape index (κ2) is 5.58. The van der Waals surface area contributed by atoms with Gasteiger partial charge in [-0.1, -0.05) is 5.21 Å². The minimum atomic E-state index is 0.0976. The van der Waals surface area contributed by atoms with Gasteiger partial charge in [-0.15, -0.1) is 16.4 Å². The van der Waals surface area contributed by atoms with Crippen molar-refractivity contribution in [1.82, 2.24) is 34.9 Å². The maximum atomic E-state index is 12.3. The lowest BCUT2D eigenvalue weighted by molar-refractivity contribution is 0.0503. The lowest BCUT2D eigenvalue weighted by atomic mass is 10.1. The van der Waals surface area contributed by atoms with E-state index < -0.39 is 0 Å². The Bertz CT molecular complexity index is 816. The highest BCUT2D eigenvalue weighted by atomic mass is 32.1. The van der Waals surface area contributed by atoms with Gasteiger partial charge in [-0.3, -0.25) is 4.79 Å². The Hall–Kier alpha value is -2.55. The number of likely N-dealkylation sites (tertiary alicyclic amines) is 1. The van der Waals surface area contributed by atoms with Crippen molar-refractivity contribution in [3.8, 4) is 0 Å². The molecule has 4 heterocycles. The van der Waals surface area contributed by atoms with E-state index in [1.807, 2.05) is 34.1 Å². The minimum absolute atomic E-state index is 0.0976. The number of thiophene rings is 1. The summed E-state index contributed by atoms with van der Waals surface area (Å²) >= 11 is 1.50. The van der Waals surface area contributed by atoms with Crippen LogP contribution < -0.4 is 0 Å². The van der Waals surface area contributed by atoms with Crippen molar-refractivity contribution in [3.05, 3.63) is 46.2 Å². The van der Waals surface area contributed by atoms with Crippen molar-refractivity contribution < 1.29 is 4.79 Å². The van der Waals surface area contributed by atoms with Crippen LogP contribution in [0.5, 0.6) is 0 Å². The van der Waals surface area contributed by atoms with Gasteiger partial charge in [0.05, 0.1) is 29.5 Å². The van der Waals surface area contributed by atoms with Gasteiger partial charge in [0.15, 0.2) is 0 Å². The van der Waals surface area contributed by atoms with Crippen LogP contribution in [0.15, 0.2) is 30.0 Å². The summed E-state index contributed by atoms with van der Waals surface area (Å²) in [5, 5.41) is 18.4. The van der Waals surface area contributed by atoms with E-state index in [2.05, 4.69) is 20.5 Å². The molecular weight excluding hydrogens is 314 g/mol. The topological polar surface area (TPSA) is 81.7 Å². The summed E-state index contributed by atoms with van der Waals surface area (Å²) in [5.74, 6) is 0.0976. The Morgan fingerprint density at radius 3 is 2.83 bits per heavy atom. The summed E-state index contributed by atoms with van der Waals surface area (Å²) < 4.78 is 1.82. The van der Waals surface area contributed by atoms with Gasteiger partial charge in [-0.05, 0) is 23.9 Å². The molecule has 118 valence electrons. The third-order valence-corrected chi connectivity index (χ3v) is 4.83. The van der Waals surface area contributed by atoms with Crippen molar-refractivity contribution in [3.63, 3.8) is 0 Å². The molecule has 9 heteroatoms. The fraction of sp³-hybridized carbons (Fsp3) is 0.357. The maximum Gasteiger partial charge on any atom is 0.264 e. The van der Waals surface area contributed by atoms with E-state index >= 15 is 0 Å². The van der Waals surface area contributed by atoms with E-state index in [1.165, 1.54) is 11.3 Å². The zero-order chi connectivity index (χ0) is 15.8. The third-order valence-electron chi connectivity index (χ3n) is 3.79. The summed E-state index contributed by atoms with van der Waals surface area (Å²) in [4.78, 5) is 16.5. The maximum absolute atomic E-state index is 12.3. The van der Waals surface area contributed by atoms with Crippen molar-refractivity contribution >= 4 is 17.2 Å². The Morgan fingerprint density at radius 2 is 2.13 bits per heavy atom. The van der Waals surface area contributed by atoms with E-state index in [0.29, 0.717) is 19.6 Å². The number of hydrogen-bond acceptors (Lipinski definition) is 6. The molecule has 0 saturated carbocycles. The molecule has 0 aromatic carbocycles. The largest absolute Gasteiger partial charge is 0.334 e. The SMILES string of the molecule is Cc1csc(C(=O)N2CC(n3cc(Cn4nccn4)nn3)C2)c1. The highest BCUT2D eigenvalue weighted by molar-refractivity contribution is 7.12. The fourth-order valence-corrected chi connectivity index (χ4v) is 3.39. The Balaban J connectivity index is 1.36. The lowest BCUT2D eigenvalue weighted by Gasteiger charge is -2.38. The second-order valence-electron chi connectivity index (χ2n) is 5.60. The van der Waals surface area contributed by atoms with Gasteiger partial charge in [-0.25, -0.2) is 4.68 Å². The summed E-state index contributed by atoms with van der Waals surface area (Å²) in [6, 6.07) is 2.12. The molecule has 4 rings (SSSR count). The van der Waals surface area contributed by atoms with Crippen LogP contribution in [0.3, 0.4) is 0 Å². The smallest absolute Gasteiger partial charge is 0.264 e. The van der Waals surface area contributed by atoms with E-state index in [-0.39, 0.29) is 11.9 Å².